The Labute approximate surface area is 87.2 Å². The number of aliphatic hydroxyl groups is 1. The van der Waals surface area contributed by atoms with Crippen molar-refractivity contribution in [1.82, 2.24) is 10.3 Å². The predicted molar refractivity (Wildman–Crippen MR) is 52.7 cm³/mol. The van der Waals surface area contributed by atoms with Crippen molar-refractivity contribution in [1.29, 1.82) is 0 Å². The monoisotopic (exact) mass is 216 g/mol. The van der Waals surface area contributed by atoms with E-state index >= 15 is 0 Å². The van der Waals surface area contributed by atoms with Gasteiger partial charge in [-0.05, 0) is 24.6 Å². The predicted octanol–water partition coefficient (Wildman–Crippen LogP) is 1.36. The maximum absolute atomic E-state index is 12.7. The lowest BCUT2D eigenvalue weighted by Gasteiger charge is -2.18. The number of aromatic nitrogens is 1. The third-order valence-corrected chi connectivity index (χ3v) is 2.10. The van der Waals surface area contributed by atoms with Gasteiger partial charge in [0.2, 0.25) is 0 Å². The molecule has 0 saturated heterocycles. The molecule has 5 heteroatoms. The number of hydrogen-bond acceptors (Lipinski definition) is 3. The Morgan fingerprint density at radius 2 is 2.07 bits per heavy atom. The van der Waals surface area contributed by atoms with Crippen LogP contribution in [0.4, 0.5) is 8.78 Å². The van der Waals surface area contributed by atoms with E-state index in [9.17, 15) is 8.78 Å². The molecule has 1 heterocycles. The molecule has 2 N–H and O–H groups in total. The van der Waals surface area contributed by atoms with Gasteiger partial charge in [-0.15, -0.1) is 0 Å². The Hall–Kier alpha value is -1.07. The van der Waals surface area contributed by atoms with Crippen LogP contribution in [-0.2, 0) is 0 Å². The summed E-state index contributed by atoms with van der Waals surface area (Å²) < 4.78 is 25.4. The minimum atomic E-state index is -3.07. The quantitative estimate of drug-likeness (QED) is 0.781. The minimum Gasteiger partial charge on any atom is -0.390 e. The van der Waals surface area contributed by atoms with E-state index in [2.05, 4.69) is 10.3 Å². The van der Waals surface area contributed by atoms with Gasteiger partial charge in [-0.1, -0.05) is 0 Å². The number of alkyl halides is 2. The molecule has 1 aromatic rings. The Balaban J connectivity index is 2.47. The van der Waals surface area contributed by atoms with Gasteiger partial charge in [-0.2, -0.15) is 0 Å². The van der Waals surface area contributed by atoms with Crippen molar-refractivity contribution >= 4 is 0 Å². The highest BCUT2D eigenvalue weighted by atomic mass is 19.3. The van der Waals surface area contributed by atoms with Gasteiger partial charge in [0.25, 0.3) is 5.92 Å². The number of rotatable bonds is 5. The fourth-order valence-electron chi connectivity index (χ4n) is 1.13. The Kier molecular flexibility index (Phi) is 4.11. The van der Waals surface area contributed by atoms with Crippen molar-refractivity contribution in [3.8, 4) is 0 Å². The first-order valence-corrected chi connectivity index (χ1v) is 4.67. The summed E-state index contributed by atoms with van der Waals surface area (Å²) in [7, 11) is 0. The van der Waals surface area contributed by atoms with E-state index in [1.807, 2.05) is 0 Å². The van der Waals surface area contributed by atoms with Gasteiger partial charge in [0.15, 0.2) is 0 Å². The van der Waals surface area contributed by atoms with E-state index in [1.165, 1.54) is 0 Å². The lowest BCUT2D eigenvalue weighted by atomic mass is 10.1. The summed E-state index contributed by atoms with van der Waals surface area (Å²) in [5.41, 5.74) is 0.888. The average Bonchev–Trinajstić information content (AvgIpc) is 2.27. The molecule has 0 aliphatic heterocycles. The fourth-order valence-corrected chi connectivity index (χ4v) is 1.13. The summed E-state index contributed by atoms with van der Waals surface area (Å²) in [6, 6.07) is 3.33. The number of nitrogens with one attached hydrogen (secondary N) is 1. The van der Waals surface area contributed by atoms with E-state index in [0.717, 1.165) is 5.56 Å². The average molecular weight is 216 g/mol. The van der Waals surface area contributed by atoms with Crippen LogP contribution >= 0.6 is 0 Å². The van der Waals surface area contributed by atoms with Crippen LogP contribution in [0, 0.1) is 0 Å². The smallest absolute Gasteiger partial charge is 0.282 e. The summed E-state index contributed by atoms with van der Waals surface area (Å²) in [5, 5.41) is 11.0. The third-order valence-electron chi connectivity index (χ3n) is 2.10. The summed E-state index contributed by atoms with van der Waals surface area (Å²) >= 11 is 0. The number of pyridine rings is 1. The van der Waals surface area contributed by atoms with Crippen molar-refractivity contribution in [2.24, 2.45) is 0 Å². The zero-order valence-corrected chi connectivity index (χ0v) is 8.45. The standard InChI is InChI=1S/C10H14F2N2O/c1-8(9-2-4-13-5-3-9)14-6-10(11,12)7-15/h2-5,8,14-15H,6-7H2,1H3. The van der Waals surface area contributed by atoms with Crippen LogP contribution in [-0.4, -0.2) is 29.2 Å². The summed E-state index contributed by atoms with van der Waals surface area (Å²) in [5.74, 6) is -3.07. The molecule has 0 aromatic carbocycles. The molecular formula is C10H14F2N2O. The summed E-state index contributed by atoms with van der Waals surface area (Å²) in [4.78, 5) is 3.84. The van der Waals surface area contributed by atoms with Gasteiger partial charge in [-0.25, -0.2) is 8.78 Å². The van der Waals surface area contributed by atoms with Crippen LogP contribution in [0.15, 0.2) is 24.5 Å². The van der Waals surface area contributed by atoms with Crippen LogP contribution in [0.3, 0.4) is 0 Å². The zero-order valence-electron chi connectivity index (χ0n) is 8.45. The lowest BCUT2D eigenvalue weighted by molar-refractivity contribution is -0.0490. The van der Waals surface area contributed by atoms with Gasteiger partial charge < -0.3 is 10.4 Å². The van der Waals surface area contributed by atoms with E-state index in [4.69, 9.17) is 5.11 Å². The fraction of sp³-hybridized carbons (Fsp3) is 0.500. The van der Waals surface area contributed by atoms with Crippen molar-refractivity contribution in [3.05, 3.63) is 30.1 Å². The second-order valence-electron chi connectivity index (χ2n) is 3.40. The first-order valence-electron chi connectivity index (χ1n) is 4.67. The Morgan fingerprint density at radius 3 is 2.60 bits per heavy atom. The second-order valence-corrected chi connectivity index (χ2v) is 3.40. The molecule has 0 amide bonds. The third kappa shape index (κ3) is 3.89. The van der Waals surface area contributed by atoms with Gasteiger partial charge in [0, 0.05) is 18.4 Å². The molecule has 0 bridgehead atoms. The molecule has 1 rings (SSSR count). The van der Waals surface area contributed by atoms with Crippen LogP contribution in [0.1, 0.15) is 18.5 Å². The zero-order chi connectivity index (χ0) is 11.3. The highest BCUT2D eigenvalue weighted by Crippen LogP contribution is 2.14. The maximum Gasteiger partial charge on any atom is 0.282 e. The molecule has 0 aliphatic carbocycles. The molecule has 3 nitrogen and oxygen atoms in total. The van der Waals surface area contributed by atoms with Crippen molar-refractivity contribution < 1.29 is 13.9 Å². The number of nitrogens with zero attached hydrogens (tertiary/aromatic N) is 1. The molecule has 0 spiro atoms. The van der Waals surface area contributed by atoms with Crippen LogP contribution in [0.2, 0.25) is 0 Å². The SMILES string of the molecule is CC(NCC(F)(F)CO)c1ccncc1. The normalized spacial score (nSPS) is 13.9. The maximum atomic E-state index is 12.7. The van der Waals surface area contributed by atoms with Gasteiger partial charge in [0.1, 0.15) is 6.61 Å². The topological polar surface area (TPSA) is 45.1 Å². The van der Waals surface area contributed by atoms with E-state index < -0.39 is 19.1 Å². The van der Waals surface area contributed by atoms with Gasteiger partial charge >= 0.3 is 0 Å². The molecule has 0 aliphatic rings. The molecule has 1 aromatic heterocycles. The first-order chi connectivity index (χ1) is 7.05. The molecule has 0 saturated carbocycles. The molecule has 1 atom stereocenters. The highest BCUT2D eigenvalue weighted by Gasteiger charge is 2.27. The molecule has 1 unspecified atom stereocenters. The minimum absolute atomic E-state index is 0.189. The van der Waals surface area contributed by atoms with Gasteiger partial charge in [0.05, 0.1) is 6.54 Å². The number of halogens is 2. The van der Waals surface area contributed by atoms with E-state index in [1.54, 1.807) is 31.5 Å². The first kappa shape index (κ1) is 12.0. The molecule has 84 valence electrons. The summed E-state index contributed by atoms with van der Waals surface area (Å²) in [6.45, 7) is 0.110. The Bertz CT molecular complexity index is 293. The Morgan fingerprint density at radius 1 is 1.47 bits per heavy atom. The van der Waals surface area contributed by atoms with Crippen molar-refractivity contribution in [2.45, 2.75) is 18.9 Å². The molecule has 15 heavy (non-hydrogen) atoms. The second kappa shape index (κ2) is 5.14. The molecular weight excluding hydrogens is 202 g/mol. The van der Waals surface area contributed by atoms with Crippen LogP contribution < -0.4 is 5.32 Å². The van der Waals surface area contributed by atoms with Crippen LogP contribution in [0.25, 0.3) is 0 Å². The largest absolute Gasteiger partial charge is 0.390 e. The van der Waals surface area contributed by atoms with Crippen molar-refractivity contribution in [3.63, 3.8) is 0 Å². The van der Waals surface area contributed by atoms with Crippen molar-refractivity contribution in [2.75, 3.05) is 13.2 Å². The number of hydrogen-bond donors (Lipinski definition) is 2. The molecule has 0 fully saturated rings. The highest BCUT2D eigenvalue weighted by molar-refractivity contribution is 5.13. The lowest BCUT2D eigenvalue weighted by Crippen LogP contribution is -2.37. The van der Waals surface area contributed by atoms with Gasteiger partial charge in [-0.3, -0.25) is 4.98 Å². The van der Waals surface area contributed by atoms with E-state index in [0.29, 0.717) is 0 Å². The molecule has 0 radical (unpaired) electrons. The van der Waals surface area contributed by atoms with E-state index in [-0.39, 0.29) is 6.04 Å². The number of aliphatic hydroxyl groups excluding tert-OH is 1. The van der Waals surface area contributed by atoms with Crippen LogP contribution in [0.5, 0.6) is 0 Å². The summed E-state index contributed by atoms with van der Waals surface area (Å²) in [6.07, 6.45) is 3.22.